The summed E-state index contributed by atoms with van der Waals surface area (Å²) < 4.78 is 1.92. The molecule has 192 valence electrons. The molecule has 2 aromatic carbocycles. The first kappa shape index (κ1) is 28.3. The Morgan fingerprint density at radius 3 is 2.39 bits per heavy atom. The third kappa shape index (κ3) is 7.38. The summed E-state index contributed by atoms with van der Waals surface area (Å²) in [6.07, 6.45) is 0.649. The molecule has 0 aliphatic rings. The van der Waals surface area contributed by atoms with Gasteiger partial charge < -0.3 is 15.2 Å². The Morgan fingerprint density at radius 2 is 1.75 bits per heavy atom. The molecule has 2 amide bonds. The predicted molar refractivity (Wildman–Crippen MR) is 147 cm³/mol. The lowest BCUT2D eigenvalue weighted by Crippen LogP contribution is -2.32. The zero-order chi connectivity index (χ0) is 26.4. The zero-order valence-electron chi connectivity index (χ0n) is 20.4. The minimum absolute atomic E-state index is 0.155. The van der Waals surface area contributed by atoms with Gasteiger partial charge in [-0.3, -0.25) is 9.59 Å². The van der Waals surface area contributed by atoms with Gasteiger partial charge in [0, 0.05) is 22.3 Å². The maximum absolute atomic E-state index is 13.0. The van der Waals surface area contributed by atoms with Crippen molar-refractivity contribution in [3.05, 3.63) is 68.4 Å². The molecular formula is C25H28Cl3N5O2S. The lowest BCUT2D eigenvalue weighted by Gasteiger charge is -2.21. The Morgan fingerprint density at radius 1 is 1.06 bits per heavy atom. The van der Waals surface area contributed by atoms with Crippen molar-refractivity contribution in [2.45, 2.75) is 51.9 Å². The molecule has 0 radical (unpaired) electrons. The van der Waals surface area contributed by atoms with Crippen LogP contribution < -0.4 is 10.6 Å². The second-order valence-electron chi connectivity index (χ2n) is 8.66. The number of amides is 2. The van der Waals surface area contributed by atoms with Crippen molar-refractivity contribution in [2.24, 2.45) is 5.92 Å². The quantitative estimate of drug-likeness (QED) is 0.262. The highest BCUT2D eigenvalue weighted by Crippen LogP contribution is 2.27. The van der Waals surface area contributed by atoms with E-state index in [1.54, 1.807) is 30.3 Å². The molecular weight excluding hydrogens is 541 g/mol. The van der Waals surface area contributed by atoms with Gasteiger partial charge in [0.15, 0.2) is 11.0 Å². The van der Waals surface area contributed by atoms with Crippen molar-refractivity contribution in [2.75, 3.05) is 11.1 Å². The number of halogens is 3. The van der Waals surface area contributed by atoms with Gasteiger partial charge >= 0.3 is 0 Å². The predicted octanol–water partition coefficient (Wildman–Crippen LogP) is 6.81. The molecule has 0 spiro atoms. The van der Waals surface area contributed by atoms with Gasteiger partial charge in [-0.15, -0.1) is 10.2 Å². The second-order valence-corrected chi connectivity index (χ2v) is 10.9. The lowest BCUT2D eigenvalue weighted by molar-refractivity contribution is -0.113. The number of aromatic nitrogens is 3. The second kappa shape index (κ2) is 12.8. The van der Waals surface area contributed by atoms with Crippen LogP contribution in [0.2, 0.25) is 15.1 Å². The van der Waals surface area contributed by atoms with Crippen molar-refractivity contribution >= 4 is 64.1 Å². The molecule has 2 N–H and O–H groups in total. The summed E-state index contributed by atoms with van der Waals surface area (Å²) in [4.78, 5) is 25.6. The van der Waals surface area contributed by atoms with Gasteiger partial charge in [0.05, 0.1) is 22.4 Å². The van der Waals surface area contributed by atoms with E-state index in [4.69, 9.17) is 34.8 Å². The van der Waals surface area contributed by atoms with E-state index < -0.39 is 6.04 Å². The summed E-state index contributed by atoms with van der Waals surface area (Å²) in [6.45, 7) is 8.57. The summed E-state index contributed by atoms with van der Waals surface area (Å²) in [5.41, 5.74) is 1.93. The number of hydrogen-bond donors (Lipinski definition) is 2. The molecule has 7 nitrogen and oxygen atoms in total. The van der Waals surface area contributed by atoms with E-state index in [9.17, 15) is 9.59 Å². The van der Waals surface area contributed by atoms with Crippen LogP contribution in [0.4, 0.5) is 5.69 Å². The van der Waals surface area contributed by atoms with Gasteiger partial charge in [0.25, 0.3) is 5.91 Å². The van der Waals surface area contributed by atoms with E-state index in [-0.39, 0.29) is 28.5 Å². The average Bonchev–Trinajstić information content (AvgIpc) is 3.21. The van der Waals surface area contributed by atoms with Gasteiger partial charge in [-0.1, -0.05) is 60.4 Å². The molecule has 0 aliphatic heterocycles. The summed E-state index contributed by atoms with van der Waals surface area (Å²) in [5.74, 6) is 0.576. The molecule has 1 aromatic heterocycles. The molecule has 0 saturated heterocycles. The number of aryl methyl sites for hydroxylation is 1. The highest BCUT2D eigenvalue weighted by molar-refractivity contribution is 7.99. The Kier molecular flexibility index (Phi) is 10.1. The van der Waals surface area contributed by atoms with Crippen LogP contribution in [0.25, 0.3) is 0 Å². The summed E-state index contributed by atoms with van der Waals surface area (Å²) in [5, 5.41) is 16.6. The van der Waals surface area contributed by atoms with Crippen molar-refractivity contribution in [1.29, 1.82) is 0 Å². The zero-order valence-corrected chi connectivity index (χ0v) is 23.5. The number of carbonyl (C=O) groups is 2. The standard InChI is InChI=1S/C25H28Cl3N5O2S/c1-5-33-23(21(10-14(2)3)30-24(35)18-8-6-17(27)12-19(18)28)31-32-25(33)36-13-22(34)29-20-9-7-16(26)11-15(20)4/h6-9,11-12,14,21H,5,10,13H2,1-4H3,(H,29,34)(H,30,35)/t21-/m0/s1. The number of carbonyl (C=O) groups excluding carboxylic acids is 2. The summed E-state index contributed by atoms with van der Waals surface area (Å²) >= 11 is 19.5. The maximum Gasteiger partial charge on any atom is 0.253 e. The number of hydrogen-bond acceptors (Lipinski definition) is 5. The minimum atomic E-state index is -0.392. The van der Waals surface area contributed by atoms with E-state index in [1.165, 1.54) is 17.8 Å². The van der Waals surface area contributed by atoms with Gasteiger partial charge in [0.1, 0.15) is 0 Å². The first-order valence-electron chi connectivity index (χ1n) is 11.5. The topological polar surface area (TPSA) is 88.9 Å². The van der Waals surface area contributed by atoms with Crippen LogP contribution in [-0.4, -0.2) is 32.3 Å². The largest absolute Gasteiger partial charge is 0.342 e. The molecule has 1 atom stereocenters. The highest BCUT2D eigenvalue weighted by atomic mass is 35.5. The molecule has 3 rings (SSSR count). The van der Waals surface area contributed by atoms with Crippen LogP contribution in [0.1, 0.15) is 55.0 Å². The van der Waals surface area contributed by atoms with E-state index in [2.05, 4.69) is 34.7 Å². The fourth-order valence-corrected chi connectivity index (χ4v) is 5.19. The van der Waals surface area contributed by atoms with Crippen molar-refractivity contribution in [3.63, 3.8) is 0 Å². The van der Waals surface area contributed by atoms with Gasteiger partial charge in [0.2, 0.25) is 5.91 Å². The fourth-order valence-electron chi connectivity index (χ4n) is 3.66. The lowest BCUT2D eigenvalue weighted by atomic mass is 10.0. The molecule has 0 fully saturated rings. The minimum Gasteiger partial charge on any atom is -0.342 e. The van der Waals surface area contributed by atoms with Crippen LogP contribution in [0.5, 0.6) is 0 Å². The molecule has 0 bridgehead atoms. The van der Waals surface area contributed by atoms with Crippen molar-refractivity contribution < 1.29 is 9.59 Å². The maximum atomic E-state index is 13.0. The summed E-state index contributed by atoms with van der Waals surface area (Å²) in [7, 11) is 0. The highest BCUT2D eigenvalue weighted by Gasteiger charge is 2.25. The van der Waals surface area contributed by atoms with Gasteiger partial charge in [-0.2, -0.15) is 0 Å². The van der Waals surface area contributed by atoms with Crippen LogP contribution >= 0.6 is 46.6 Å². The fraction of sp³-hybridized carbons (Fsp3) is 0.360. The molecule has 0 unspecified atom stereocenters. The van der Waals surface area contributed by atoms with Crippen molar-refractivity contribution in [1.82, 2.24) is 20.1 Å². The molecule has 3 aromatic rings. The van der Waals surface area contributed by atoms with E-state index in [0.717, 1.165) is 5.56 Å². The molecule has 0 aliphatic carbocycles. The first-order valence-corrected chi connectivity index (χ1v) is 13.6. The Balaban J connectivity index is 1.75. The smallest absolute Gasteiger partial charge is 0.253 e. The van der Waals surface area contributed by atoms with E-state index in [1.807, 2.05) is 18.4 Å². The molecule has 11 heteroatoms. The van der Waals surface area contributed by atoms with Crippen LogP contribution in [0.3, 0.4) is 0 Å². The number of anilines is 1. The van der Waals surface area contributed by atoms with Crippen LogP contribution in [0.15, 0.2) is 41.6 Å². The van der Waals surface area contributed by atoms with Crippen molar-refractivity contribution in [3.8, 4) is 0 Å². The number of nitrogens with zero attached hydrogens (tertiary/aromatic N) is 3. The number of thioether (sulfide) groups is 1. The van der Waals surface area contributed by atoms with Gasteiger partial charge in [-0.05, 0) is 68.1 Å². The third-order valence-corrected chi connectivity index (χ3v) is 7.11. The Hall–Kier alpha value is -2.26. The average molecular weight is 569 g/mol. The molecule has 1 heterocycles. The Labute approximate surface area is 230 Å². The molecule has 36 heavy (non-hydrogen) atoms. The van der Waals surface area contributed by atoms with E-state index >= 15 is 0 Å². The number of benzene rings is 2. The number of nitrogens with one attached hydrogen (secondary N) is 2. The molecule has 0 saturated carbocycles. The monoisotopic (exact) mass is 567 g/mol. The SMILES string of the molecule is CCn1c(SCC(=O)Nc2ccc(Cl)cc2C)nnc1[C@H](CC(C)C)NC(=O)c1ccc(Cl)cc1Cl. The van der Waals surface area contributed by atoms with Crippen LogP contribution in [-0.2, 0) is 11.3 Å². The van der Waals surface area contributed by atoms with Crippen LogP contribution in [0, 0.1) is 12.8 Å². The summed E-state index contributed by atoms with van der Waals surface area (Å²) in [6, 6.07) is 9.67. The van der Waals surface area contributed by atoms with E-state index in [0.29, 0.717) is 45.2 Å². The normalized spacial score (nSPS) is 12.0. The Bertz CT molecular complexity index is 1250. The third-order valence-electron chi connectivity index (χ3n) is 5.36. The first-order chi connectivity index (χ1) is 17.1. The number of rotatable bonds is 10. The van der Waals surface area contributed by atoms with Gasteiger partial charge in [-0.25, -0.2) is 0 Å².